The Kier molecular flexibility index (Phi) is 3.04. The number of aromatic nitrogens is 1. The number of benzene rings is 1. The van der Waals surface area contributed by atoms with Crippen molar-refractivity contribution in [3.05, 3.63) is 29.1 Å². The maximum Gasteiger partial charge on any atom is 0.446 e. The summed E-state index contributed by atoms with van der Waals surface area (Å²) >= 11 is 0. The molecule has 0 aliphatic carbocycles. The minimum absolute atomic E-state index is 0.0694. The zero-order valence-corrected chi connectivity index (χ0v) is 12.3. The minimum Gasteiger partial charge on any atom is -0.616 e. The van der Waals surface area contributed by atoms with E-state index in [1.165, 1.54) is 18.2 Å². The first kappa shape index (κ1) is 14.8. The van der Waals surface area contributed by atoms with Crippen molar-refractivity contribution in [2.45, 2.75) is 0 Å². The van der Waals surface area contributed by atoms with Gasteiger partial charge in [-0.15, -0.1) is 4.74 Å². The number of nitrogens with one attached hydrogen (secondary N) is 2. The van der Waals surface area contributed by atoms with Gasteiger partial charge in [-0.1, -0.05) is 0 Å². The van der Waals surface area contributed by atoms with Gasteiger partial charge < -0.3 is 15.3 Å². The molecule has 120 valence electrons. The highest BCUT2D eigenvalue weighted by atomic mass is 32.2. The van der Waals surface area contributed by atoms with Crippen molar-refractivity contribution in [2.75, 3.05) is 10.8 Å². The van der Waals surface area contributed by atoms with Gasteiger partial charge in [-0.3, -0.25) is 4.79 Å². The van der Waals surface area contributed by atoms with E-state index in [1.54, 1.807) is 4.72 Å². The third-order valence-electron chi connectivity index (χ3n) is 3.26. The van der Waals surface area contributed by atoms with Gasteiger partial charge in [0.1, 0.15) is 19.0 Å². The van der Waals surface area contributed by atoms with Gasteiger partial charge in [0.15, 0.2) is 5.69 Å². The Morgan fingerprint density at radius 2 is 2.09 bits per heavy atom. The Morgan fingerprint density at radius 1 is 1.39 bits per heavy atom. The van der Waals surface area contributed by atoms with E-state index in [2.05, 4.69) is 11.7 Å². The molecule has 1 aliphatic heterocycles. The molecule has 2 heterocycles. The Morgan fingerprint density at radius 3 is 2.65 bits per heavy atom. The fourth-order valence-corrected chi connectivity index (χ4v) is 3.42. The lowest BCUT2D eigenvalue weighted by atomic mass is 10.2. The molecule has 2 amide bonds. The second kappa shape index (κ2) is 4.71. The highest BCUT2D eigenvalue weighted by Gasteiger charge is 2.35. The van der Waals surface area contributed by atoms with Gasteiger partial charge in [0.2, 0.25) is 0 Å². The van der Waals surface area contributed by atoms with Crippen LogP contribution in [0.15, 0.2) is 18.2 Å². The molecule has 1 aliphatic rings. The number of fused-ring (bicyclic) bond motifs is 1. The largest absolute Gasteiger partial charge is 0.616 e. The first-order valence-electron chi connectivity index (χ1n) is 6.20. The predicted octanol–water partition coefficient (Wildman–Crippen LogP) is -0.594. The summed E-state index contributed by atoms with van der Waals surface area (Å²) < 4.78 is 26.0. The molecule has 1 saturated heterocycles. The van der Waals surface area contributed by atoms with Crippen molar-refractivity contribution in [2.24, 2.45) is 0 Å². The van der Waals surface area contributed by atoms with E-state index in [-0.39, 0.29) is 16.1 Å². The van der Waals surface area contributed by atoms with E-state index in [9.17, 15) is 28.3 Å². The number of hydrogen-bond donors (Lipinski definition) is 3. The molecule has 23 heavy (non-hydrogen) atoms. The van der Waals surface area contributed by atoms with Crippen LogP contribution in [0.2, 0.25) is 0 Å². The summed E-state index contributed by atoms with van der Waals surface area (Å²) in [6.07, 6.45) is 0. The Labute approximate surface area is 129 Å². The van der Waals surface area contributed by atoms with Crippen LogP contribution in [0.4, 0.5) is 5.69 Å². The molecular weight excluding hydrogens is 328 g/mol. The molecule has 0 bridgehead atoms. The van der Waals surface area contributed by atoms with E-state index in [0.29, 0.717) is 15.2 Å². The number of aromatic amines is 1. The number of nitrogens with zero attached hydrogens (tertiary/aromatic N) is 2. The van der Waals surface area contributed by atoms with Crippen LogP contribution >= 0.6 is 0 Å². The van der Waals surface area contributed by atoms with Crippen molar-refractivity contribution in [3.8, 4) is 5.75 Å². The van der Waals surface area contributed by atoms with Gasteiger partial charge in [-0.2, -0.15) is 8.42 Å². The Hall–Kier alpha value is -3.08. The van der Waals surface area contributed by atoms with Crippen molar-refractivity contribution in [1.29, 1.82) is 0 Å². The maximum atomic E-state index is 11.8. The van der Waals surface area contributed by atoms with Crippen LogP contribution in [0.1, 0.15) is 10.5 Å². The first-order valence-corrected chi connectivity index (χ1v) is 7.64. The molecule has 1 aromatic heterocycles. The topological polar surface area (TPSA) is 146 Å². The molecule has 0 spiro atoms. The van der Waals surface area contributed by atoms with Gasteiger partial charge in [0.05, 0.1) is 5.69 Å². The van der Waals surface area contributed by atoms with Crippen LogP contribution in [0.3, 0.4) is 0 Å². The van der Waals surface area contributed by atoms with Gasteiger partial charge in [0, 0.05) is 10.9 Å². The molecule has 10 nitrogen and oxygen atoms in total. The number of carbonyl (C=O) groups excluding carboxylic acids is 2. The molecule has 0 saturated carbocycles. The highest BCUT2D eigenvalue weighted by Crippen LogP contribution is 2.34. The van der Waals surface area contributed by atoms with Gasteiger partial charge in [-0.05, 0) is 18.2 Å². The van der Waals surface area contributed by atoms with Crippen LogP contribution < -0.4 is 9.03 Å². The smallest absolute Gasteiger partial charge is 0.446 e. The Bertz CT molecular complexity index is 977. The highest BCUT2D eigenvalue weighted by molar-refractivity contribution is 7.92. The van der Waals surface area contributed by atoms with Crippen molar-refractivity contribution >= 4 is 45.3 Å². The van der Waals surface area contributed by atoms with E-state index >= 15 is 0 Å². The summed E-state index contributed by atoms with van der Waals surface area (Å²) in [6, 6.07) is 3.80. The quantitative estimate of drug-likeness (QED) is 0.289. The SMILES string of the molecule is C=[N+]([O-])C(=O)c1cc2cc(O)c(N3CC(=O)NS3(=O)=O)cc2[nH]1. The molecule has 1 aromatic carbocycles. The average Bonchev–Trinajstić information content (AvgIpc) is 2.96. The van der Waals surface area contributed by atoms with Crippen LogP contribution in [-0.2, 0) is 15.0 Å². The molecule has 11 heteroatoms. The van der Waals surface area contributed by atoms with Crippen LogP contribution in [0.5, 0.6) is 5.75 Å². The number of amides is 2. The number of phenolic OH excluding ortho intramolecular Hbond substituents is 1. The summed E-state index contributed by atoms with van der Waals surface area (Å²) in [6.45, 7) is 2.46. The third kappa shape index (κ3) is 2.36. The maximum absolute atomic E-state index is 11.8. The Balaban J connectivity index is 2.13. The lowest BCUT2D eigenvalue weighted by Crippen LogP contribution is -2.29. The van der Waals surface area contributed by atoms with Crippen LogP contribution in [0.25, 0.3) is 10.9 Å². The second-order valence-corrected chi connectivity index (χ2v) is 6.43. The van der Waals surface area contributed by atoms with Gasteiger partial charge in [0.25, 0.3) is 5.91 Å². The zero-order valence-electron chi connectivity index (χ0n) is 11.4. The fraction of sp³-hybridized carbons (Fsp3) is 0.0833. The number of aromatic hydroxyl groups is 1. The number of phenols is 1. The number of carbonyl (C=O) groups is 2. The lowest BCUT2D eigenvalue weighted by Gasteiger charge is -2.16. The van der Waals surface area contributed by atoms with Gasteiger partial charge in [-0.25, -0.2) is 13.8 Å². The van der Waals surface area contributed by atoms with E-state index in [4.69, 9.17) is 0 Å². The molecule has 0 atom stereocenters. The molecule has 0 radical (unpaired) electrons. The predicted molar refractivity (Wildman–Crippen MR) is 79.5 cm³/mol. The third-order valence-corrected chi connectivity index (χ3v) is 4.65. The number of H-pyrrole nitrogens is 1. The van der Waals surface area contributed by atoms with E-state index < -0.39 is 34.3 Å². The zero-order chi connectivity index (χ0) is 16.9. The summed E-state index contributed by atoms with van der Waals surface area (Å²) in [5, 5.41) is 21.3. The summed E-state index contributed by atoms with van der Waals surface area (Å²) in [5.74, 6) is -2.05. The van der Waals surface area contributed by atoms with Crippen molar-refractivity contribution in [1.82, 2.24) is 9.71 Å². The van der Waals surface area contributed by atoms with E-state index in [1.807, 2.05) is 0 Å². The van der Waals surface area contributed by atoms with Crippen LogP contribution in [0, 0.1) is 5.21 Å². The number of anilines is 1. The molecule has 2 aromatic rings. The van der Waals surface area contributed by atoms with Crippen molar-refractivity contribution < 1.29 is 27.9 Å². The summed E-state index contributed by atoms with van der Waals surface area (Å²) in [7, 11) is -4.08. The van der Waals surface area contributed by atoms with Crippen LogP contribution in [-0.4, -0.2) is 48.3 Å². The monoisotopic (exact) mass is 338 g/mol. The molecular formula is C12H10N4O6S. The molecule has 1 fully saturated rings. The molecule has 3 N–H and O–H groups in total. The number of hydroxylamine groups is 1. The number of hydrogen-bond acceptors (Lipinski definition) is 6. The number of rotatable bonds is 2. The standard InChI is InChI=1S/C12H10N4O6S/c1-15(20)12(19)8-2-6-3-10(17)9(4-7(6)13-8)16-5-11(18)14-23(16,21)22/h2-4,13,17H,1,5H2,(H,14,18). The van der Waals surface area contributed by atoms with E-state index in [0.717, 1.165) is 0 Å². The summed E-state index contributed by atoms with van der Waals surface area (Å²) in [5.41, 5.74) is 0.0999. The lowest BCUT2D eigenvalue weighted by molar-refractivity contribution is -0.342. The molecule has 0 unspecified atom stereocenters. The van der Waals surface area contributed by atoms with Crippen molar-refractivity contribution in [3.63, 3.8) is 0 Å². The molecule has 3 rings (SSSR count). The minimum atomic E-state index is -4.08. The normalized spacial score (nSPS) is 16.5. The first-order chi connectivity index (χ1) is 10.7. The second-order valence-electron chi connectivity index (χ2n) is 4.83. The summed E-state index contributed by atoms with van der Waals surface area (Å²) in [4.78, 5) is 25.5. The van der Waals surface area contributed by atoms with Gasteiger partial charge >= 0.3 is 16.1 Å². The average molecular weight is 338 g/mol. The fourth-order valence-electron chi connectivity index (χ4n) is 2.27.